The van der Waals surface area contributed by atoms with Gasteiger partial charge in [0.05, 0.1) is 5.69 Å². The summed E-state index contributed by atoms with van der Waals surface area (Å²) in [6.07, 6.45) is 4.55. The first-order chi connectivity index (χ1) is 10.2. The van der Waals surface area contributed by atoms with Crippen molar-refractivity contribution < 1.29 is 0 Å². The fraction of sp³-hybridized carbons (Fsp3) is 0.294. The normalized spacial score (nSPS) is 14.3. The summed E-state index contributed by atoms with van der Waals surface area (Å²) >= 11 is 5.67. The van der Waals surface area contributed by atoms with Gasteiger partial charge in [0.2, 0.25) is 0 Å². The van der Waals surface area contributed by atoms with Crippen molar-refractivity contribution in [3.8, 4) is 11.3 Å². The smallest absolute Gasteiger partial charge is 0.155 e. The standard InChI is InChI=1S/C17H17N3S/c1-11-6-2-3-7-12(11)15-10-16-18-14-9-5-4-8-13(14)17(21)20(16)19-15/h2-3,6-7,10,19H,4-5,8-9H2,1H3. The molecule has 1 aliphatic carbocycles. The van der Waals surface area contributed by atoms with Gasteiger partial charge in [-0.1, -0.05) is 36.5 Å². The van der Waals surface area contributed by atoms with Crippen molar-refractivity contribution >= 4 is 17.9 Å². The number of benzene rings is 1. The topological polar surface area (TPSA) is 33.1 Å². The molecule has 0 saturated carbocycles. The average molecular weight is 295 g/mol. The van der Waals surface area contributed by atoms with E-state index in [4.69, 9.17) is 17.2 Å². The summed E-state index contributed by atoms with van der Waals surface area (Å²) in [5.74, 6) is 0. The Bertz CT molecular complexity index is 889. The highest BCUT2D eigenvalue weighted by Gasteiger charge is 2.16. The highest BCUT2D eigenvalue weighted by atomic mass is 32.1. The number of nitrogens with zero attached hydrogens (tertiary/aromatic N) is 2. The second-order valence-electron chi connectivity index (χ2n) is 5.73. The van der Waals surface area contributed by atoms with Gasteiger partial charge in [-0.15, -0.1) is 0 Å². The van der Waals surface area contributed by atoms with Gasteiger partial charge in [0, 0.05) is 22.9 Å². The lowest BCUT2D eigenvalue weighted by atomic mass is 9.97. The van der Waals surface area contributed by atoms with Gasteiger partial charge in [0.15, 0.2) is 5.65 Å². The summed E-state index contributed by atoms with van der Waals surface area (Å²) in [5.41, 5.74) is 6.91. The van der Waals surface area contributed by atoms with E-state index in [-0.39, 0.29) is 0 Å². The zero-order valence-corrected chi connectivity index (χ0v) is 12.8. The van der Waals surface area contributed by atoms with Crippen LogP contribution in [0, 0.1) is 11.6 Å². The van der Waals surface area contributed by atoms with E-state index in [9.17, 15) is 0 Å². The second kappa shape index (κ2) is 4.81. The molecular formula is C17H17N3S. The van der Waals surface area contributed by atoms with Crippen molar-refractivity contribution in [2.24, 2.45) is 0 Å². The maximum atomic E-state index is 5.67. The summed E-state index contributed by atoms with van der Waals surface area (Å²) in [6, 6.07) is 10.5. The van der Waals surface area contributed by atoms with Gasteiger partial charge in [0.25, 0.3) is 0 Å². The minimum absolute atomic E-state index is 0.898. The predicted octanol–water partition coefficient (Wildman–Crippen LogP) is 4.25. The number of aryl methyl sites for hydroxylation is 2. The van der Waals surface area contributed by atoms with E-state index < -0.39 is 0 Å². The monoisotopic (exact) mass is 295 g/mol. The van der Waals surface area contributed by atoms with Gasteiger partial charge in [0.1, 0.15) is 4.64 Å². The first-order valence-electron chi connectivity index (χ1n) is 7.43. The predicted molar refractivity (Wildman–Crippen MR) is 87.2 cm³/mol. The number of aromatic amines is 1. The molecule has 3 nitrogen and oxygen atoms in total. The maximum absolute atomic E-state index is 5.67. The van der Waals surface area contributed by atoms with E-state index >= 15 is 0 Å². The van der Waals surface area contributed by atoms with Crippen LogP contribution in [0.25, 0.3) is 16.9 Å². The molecule has 106 valence electrons. The van der Waals surface area contributed by atoms with Crippen LogP contribution >= 0.6 is 12.2 Å². The van der Waals surface area contributed by atoms with Crippen LogP contribution in [0.2, 0.25) is 0 Å². The molecule has 0 atom stereocenters. The number of fused-ring (bicyclic) bond motifs is 2. The molecule has 2 heterocycles. The number of rotatable bonds is 1. The number of H-pyrrole nitrogens is 1. The zero-order valence-electron chi connectivity index (χ0n) is 12.0. The van der Waals surface area contributed by atoms with Crippen LogP contribution in [0.15, 0.2) is 30.3 Å². The third kappa shape index (κ3) is 2.02. The zero-order chi connectivity index (χ0) is 14.4. The van der Waals surface area contributed by atoms with Crippen LogP contribution in [-0.4, -0.2) is 14.6 Å². The Morgan fingerprint density at radius 1 is 1.19 bits per heavy atom. The molecule has 21 heavy (non-hydrogen) atoms. The molecular weight excluding hydrogens is 278 g/mol. The quantitative estimate of drug-likeness (QED) is 0.681. The molecule has 0 saturated heterocycles. The van der Waals surface area contributed by atoms with Gasteiger partial charge < -0.3 is 0 Å². The lowest BCUT2D eigenvalue weighted by Gasteiger charge is -2.14. The summed E-state index contributed by atoms with van der Waals surface area (Å²) in [4.78, 5) is 4.82. The van der Waals surface area contributed by atoms with E-state index in [0.29, 0.717) is 0 Å². The molecule has 0 amide bonds. The molecule has 0 fully saturated rings. The van der Waals surface area contributed by atoms with Gasteiger partial charge in [-0.25, -0.2) is 9.50 Å². The number of hydrogen-bond acceptors (Lipinski definition) is 2. The summed E-state index contributed by atoms with van der Waals surface area (Å²) in [5, 5.41) is 3.42. The largest absolute Gasteiger partial charge is 0.291 e. The molecule has 3 aromatic rings. The number of nitrogens with one attached hydrogen (secondary N) is 1. The maximum Gasteiger partial charge on any atom is 0.155 e. The van der Waals surface area contributed by atoms with Crippen molar-refractivity contribution in [2.45, 2.75) is 32.6 Å². The Morgan fingerprint density at radius 3 is 2.86 bits per heavy atom. The number of hydrogen-bond donors (Lipinski definition) is 1. The number of aromatic nitrogens is 3. The summed E-state index contributed by atoms with van der Waals surface area (Å²) in [7, 11) is 0. The molecule has 0 spiro atoms. The lowest BCUT2D eigenvalue weighted by molar-refractivity contribution is 0.656. The van der Waals surface area contributed by atoms with Crippen molar-refractivity contribution in [3.05, 3.63) is 51.8 Å². The summed E-state index contributed by atoms with van der Waals surface area (Å²) in [6.45, 7) is 2.12. The van der Waals surface area contributed by atoms with Crippen molar-refractivity contribution in [2.75, 3.05) is 0 Å². The van der Waals surface area contributed by atoms with E-state index in [2.05, 4.69) is 42.4 Å². The second-order valence-corrected chi connectivity index (χ2v) is 6.11. The molecule has 2 aromatic heterocycles. The lowest BCUT2D eigenvalue weighted by Crippen LogP contribution is -2.09. The molecule has 1 aliphatic rings. The Morgan fingerprint density at radius 2 is 2.00 bits per heavy atom. The Hall–Kier alpha value is -1.94. The van der Waals surface area contributed by atoms with Gasteiger partial charge in [-0.3, -0.25) is 5.10 Å². The highest BCUT2D eigenvalue weighted by molar-refractivity contribution is 7.71. The fourth-order valence-corrected chi connectivity index (χ4v) is 3.53. The average Bonchev–Trinajstić information content (AvgIpc) is 2.92. The fourth-order valence-electron chi connectivity index (χ4n) is 3.17. The molecule has 0 aliphatic heterocycles. The van der Waals surface area contributed by atoms with E-state index in [1.54, 1.807) is 0 Å². The van der Waals surface area contributed by atoms with Crippen molar-refractivity contribution in [3.63, 3.8) is 0 Å². The molecule has 0 bridgehead atoms. The Labute approximate surface area is 128 Å². The first kappa shape index (κ1) is 12.8. The molecule has 1 N–H and O–H groups in total. The van der Waals surface area contributed by atoms with E-state index in [1.807, 2.05) is 4.52 Å². The Kier molecular flexibility index (Phi) is 2.93. The highest BCUT2D eigenvalue weighted by Crippen LogP contribution is 2.26. The SMILES string of the molecule is Cc1ccccc1-c1cc2nc3c(c(=S)n2[nH]1)CCCC3. The molecule has 1 aromatic carbocycles. The van der Waals surface area contributed by atoms with Gasteiger partial charge >= 0.3 is 0 Å². The molecule has 0 radical (unpaired) electrons. The molecule has 0 unspecified atom stereocenters. The van der Waals surface area contributed by atoms with E-state index in [0.717, 1.165) is 28.8 Å². The van der Waals surface area contributed by atoms with Gasteiger partial charge in [-0.05, 0) is 38.2 Å². The molecule has 4 rings (SSSR count). The van der Waals surface area contributed by atoms with Crippen LogP contribution in [0.5, 0.6) is 0 Å². The van der Waals surface area contributed by atoms with Crippen molar-refractivity contribution in [1.29, 1.82) is 0 Å². The van der Waals surface area contributed by atoms with Crippen LogP contribution in [0.3, 0.4) is 0 Å². The van der Waals surface area contributed by atoms with Crippen LogP contribution in [-0.2, 0) is 12.8 Å². The van der Waals surface area contributed by atoms with Gasteiger partial charge in [-0.2, -0.15) is 0 Å². The van der Waals surface area contributed by atoms with Crippen LogP contribution < -0.4 is 0 Å². The third-order valence-electron chi connectivity index (χ3n) is 4.32. The van der Waals surface area contributed by atoms with Crippen molar-refractivity contribution in [1.82, 2.24) is 14.6 Å². The molecule has 4 heteroatoms. The third-order valence-corrected chi connectivity index (χ3v) is 4.75. The van der Waals surface area contributed by atoms with Crippen LogP contribution in [0.4, 0.5) is 0 Å². The Balaban J connectivity index is 1.97. The minimum atomic E-state index is 0.898. The van der Waals surface area contributed by atoms with E-state index in [1.165, 1.54) is 35.2 Å². The van der Waals surface area contributed by atoms with Crippen LogP contribution in [0.1, 0.15) is 29.7 Å². The first-order valence-corrected chi connectivity index (χ1v) is 7.84. The minimum Gasteiger partial charge on any atom is -0.291 e. The summed E-state index contributed by atoms with van der Waals surface area (Å²) < 4.78 is 2.86.